The number of rotatable bonds is 6. The molecule has 2 saturated carbocycles. The van der Waals surface area contributed by atoms with Gasteiger partial charge in [0, 0.05) is 11.5 Å². The van der Waals surface area contributed by atoms with Gasteiger partial charge in [0.25, 0.3) is 0 Å². The average Bonchev–Trinajstić information content (AvgIpc) is 3.53. The molecule has 3 aromatic rings. The van der Waals surface area contributed by atoms with Gasteiger partial charge in [-0.15, -0.1) is 0 Å². The molecule has 1 aromatic carbocycles. The number of anilines is 1. The lowest BCUT2D eigenvalue weighted by molar-refractivity contribution is 0.200. The lowest BCUT2D eigenvalue weighted by Crippen LogP contribution is -2.26. The fraction of sp³-hybridized carbons (Fsp3) is 0.421. The summed E-state index contributed by atoms with van der Waals surface area (Å²) in [5.41, 5.74) is 2.20. The Balaban J connectivity index is 1.49. The van der Waals surface area contributed by atoms with E-state index in [2.05, 4.69) is 32.4 Å². The monoisotopic (exact) mass is 351 g/mol. The number of aliphatic hydroxyl groups excluding tert-OH is 1. The van der Waals surface area contributed by atoms with Crippen LogP contribution in [0.2, 0.25) is 0 Å². The first-order chi connectivity index (χ1) is 12.6. The van der Waals surface area contributed by atoms with Crippen LogP contribution in [0.25, 0.3) is 22.3 Å². The minimum Gasteiger partial charge on any atom is -0.488 e. The predicted molar refractivity (Wildman–Crippen MR) is 98.1 cm³/mol. The van der Waals surface area contributed by atoms with Crippen molar-refractivity contribution in [1.29, 1.82) is 0 Å². The smallest absolute Gasteiger partial charge is 0.130 e. The van der Waals surface area contributed by atoms with Crippen LogP contribution in [-0.4, -0.2) is 43.0 Å². The Hall–Kier alpha value is -2.67. The molecule has 0 spiro atoms. The summed E-state index contributed by atoms with van der Waals surface area (Å²) >= 11 is 0. The number of aromatic amines is 1. The van der Waals surface area contributed by atoms with Crippen LogP contribution in [0, 0.1) is 0 Å². The molecule has 0 radical (unpaired) electrons. The second-order valence-electron chi connectivity index (χ2n) is 7.68. The summed E-state index contributed by atoms with van der Waals surface area (Å²) in [6.45, 7) is 2.24. The molecule has 0 saturated heterocycles. The van der Waals surface area contributed by atoms with Gasteiger partial charge in [0.05, 0.1) is 23.4 Å². The molecular formula is C19H21N5O2. The minimum absolute atomic E-state index is 0.0214. The van der Waals surface area contributed by atoms with Crippen molar-refractivity contribution in [2.45, 2.75) is 43.7 Å². The highest BCUT2D eigenvalue weighted by Crippen LogP contribution is 2.41. The fourth-order valence-corrected chi connectivity index (χ4v) is 3.11. The number of benzene rings is 1. The van der Waals surface area contributed by atoms with Crippen LogP contribution in [0.5, 0.6) is 5.75 Å². The zero-order chi connectivity index (χ0) is 17.8. The molecule has 5 rings (SSSR count). The molecule has 0 unspecified atom stereocenters. The van der Waals surface area contributed by atoms with Gasteiger partial charge < -0.3 is 15.2 Å². The summed E-state index contributed by atoms with van der Waals surface area (Å²) in [6.07, 6.45) is 5.62. The van der Waals surface area contributed by atoms with Gasteiger partial charge in [-0.05, 0) is 50.8 Å². The van der Waals surface area contributed by atoms with E-state index in [1.54, 1.807) is 0 Å². The summed E-state index contributed by atoms with van der Waals surface area (Å²) in [6, 6.07) is 7.85. The van der Waals surface area contributed by atoms with Crippen molar-refractivity contribution in [1.82, 2.24) is 20.2 Å². The number of hydrogen-bond donors (Lipinski definition) is 3. The van der Waals surface area contributed by atoms with Crippen molar-refractivity contribution in [3.8, 4) is 17.1 Å². The Bertz CT molecular complexity index is 975. The zero-order valence-electron chi connectivity index (χ0n) is 14.6. The molecule has 0 amide bonds. The van der Waals surface area contributed by atoms with E-state index in [4.69, 9.17) is 4.74 Å². The standard InChI is InChI=1S/C19H21N5O2/c1-18(4-5-18)26-12-2-3-14-13(8-12)17(24-23-14)15-9-16(21-11-20-15)22-19(10-25)6-7-19/h2-3,8-9,11,25H,4-7,10H2,1H3,(H,23,24)(H,20,21,22). The molecule has 3 N–H and O–H groups in total. The predicted octanol–water partition coefficient (Wildman–Crippen LogP) is 2.89. The summed E-state index contributed by atoms with van der Waals surface area (Å²) in [7, 11) is 0. The molecule has 7 heteroatoms. The summed E-state index contributed by atoms with van der Waals surface area (Å²) < 4.78 is 6.08. The molecule has 0 aliphatic heterocycles. The van der Waals surface area contributed by atoms with Crippen LogP contribution < -0.4 is 10.1 Å². The summed E-state index contributed by atoms with van der Waals surface area (Å²) in [5, 5.41) is 21.3. The van der Waals surface area contributed by atoms with Crippen LogP contribution in [0.15, 0.2) is 30.6 Å². The number of aromatic nitrogens is 4. The average molecular weight is 351 g/mol. The number of nitrogens with one attached hydrogen (secondary N) is 2. The Morgan fingerprint density at radius 1 is 1.19 bits per heavy atom. The normalized spacial score (nSPS) is 19.3. The molecule has 2 aliphatic rings. The largest absolute Gasteiger partial charge is 0.488 e. The number of hydrogen-bond acceptors (Lipinski definition) is 6. The maximum atomic E-state index is 9.50. The van der Waals surface area contributed by atoms with Crippen molar-refractivity contribution in [3.63, 3.8) is 0 Å². The first-order valence-corrected chi connectivity index (χ1v) is 8.97. The van der Waals surface area contributed by atoms with E-state index in [0.29, 0.717) is 5.82 Å². The van der Waals surface area contributed by atoms with E-state index >= 15 is 0 Å². The number of nitrogens with zero attached hydrogens (tertiary/aromatic N) is 3. The van der Waals surface area contributed by atoms with Gasteiger partial charge in [0.15, 0.2) is 0 Å². The third-order valence-corrected chi connectivity index (χ3v) is 5.31. The molecule has 0 bridgehead atoms. The molecule has 2 aromatic heterocycles. The lowest BCUT2D eigenvalue weighted by atomic mass is 10.1. The maximum absolute atomic E-state index is 9.50. The van der Waals surface area contributed by atoms with E-state index < -0.39 is 0 Å². The third kappa shape index (κ3) is 2.78. The molecule has 7 nitrogen and oxygen atoms in total. The first-order valence-electron chi connectivity index (χ1n) is 8.97. The Morgan fingerprint density at radius 3 is 2.77 bits per heavy atom. The second kappa shape index (κ2) is 5.41. The van der Waals surface area contributed by atoms with E-state index in [-0.39, 0.29) is 17.7 Å². The first kappa shape index (κ1) is 15.6. The van der Waals surface area contributed by atoms with Crippen LogP contribution in [-0.2, 0) is 0 Å². The highest BCUT2D eigenvalue weighted by Gasteiger charge is 2.42. The fourth-order valence-electron chi connectivity index (χ4n) is 3.11. The van der Waals surface area contributed by atoms with Crippen LogP contribution in [0.4, 0.5) is 5.82 Å². The SMILES string of the molecule is CC1(Oc2ccc3[nH]nc(-c4cc(NC5(CO)CC5)ncn4)c3c2)CC1. The van der Waals surface area contributed by atoms with Crippen LogP contribution >= 0.6 is 0 Å². The van der Waals surface area contributed by atoms with Crippen LogP contribution in [0.1, 0.15) is 32.6 Å². The van der Waals surface area contributed by atoms with Gasteiger partial charge in [-0.1, -0.05) is 0 Å². The maximum Gasteiger partial charge on any atom is 0.130 e. The molecular weight excluding hydrogens is 330 g/mol. The van der Waals surface area contributed by atoms with Crippen molar-refractivity contribution in [2.75, 3.05) is 11.9 Å². The minimum atomic E-state index is -0.222. The highest BCUT2D eigenvalue weighted by atomic mass is 16.5. The quantitative estimate of drug-likeness (QED) is 0.632. The molecule has 2 fully saturated rings. The molecule has 2 heterocycles. The highest BCUT2D eigenvalue weighted by molar-refractivity contribution is 5.93. The van der Waals surface area contributed by atoms with Crippen molar-refractivity contribution in [3.05, 3.63) is 30.6 Å². The molecule has 2 aliphatic carbocycles. The van der Waals surface area contributed by atoms with Crippen molar-refractivity contribution in [2.24, 2.45) is 0 Å². The molecule has 0 atom stereocenters. The van der Waals surface area contributed by atoms with E-state index in [9.17, 15) is 5.11 Å². The number of aliphatic hydroxyl groups is 1. The Labute approximate surface area is 150 Å². The van der Waals surface area contributed by atoms with Gasteiger partial charge in [-0.2, -0.15) is 5.10 Å². The number of ether oxygens (including phenoxy) is 1. The van der Waals surface area contributed by atoms with Crippen LogP contribution in [0.3, 0.4) is 0 Å². The zero-order valence-corrected chi connectivity index (χ0v) is 14.6. The summed E-state index contributed by atoms with van der Waals surface area (Å²) in [5.74, 6) is 1.56. The topological polar surface area (TPSA) is 96.0 Å². The summed E-state index contributed by atoms with van der Waals surface area (Å²) in [4.78, 5) is 8.67. The Morgan fingerprint density at radius 2 is 2.04 bits per heavy atom. The van der Waals surface area contributed by atoms with E-state index in [0.717, 1.165) is 53.7 Å². The van der Waals surface area contributed by atoms with Gasteiger partial charge in [0.1, 0.15) is 29.2 Å². The number of H-pyrrole nitrogens is 1. The van der Waals surface area contributed by atoms with Crippen molar-refractivity contribution >= 4 is 16.7 Å². The van der Waals surface area contributed by atoms with Crippen molar-refractivity contribution < 1.29 is 9.84 Å². The third-order valence-electron chi connectivity index (χ3n) is 5.31. The van der Waals surface area contributed by atoms with Gasteiger partial charge in [-0.25, -0.2) is 9.97 Å². The van der Waals surface area contributed by atoms with E-state index in [1.807, 2.05) is 24.3 Å². The molecule has 134 valence electrons. The Kier molecular flexibility index (Phi) is 3.24. The molecule has 26 heavy (non-hydrogen) atoms. The number of fused-ring (bicyclic) bond motifs is 1. The van der Waals surface area contributed by atoms with E-state index in [1.165, 1.54) is 6.33 Å². The lowest BCUT2D eigenvalue weighted by Gasteiger charge is -2.15. The van der Waals surface area contributed by atoms with Gasteiger partial charge in [-0.3, -0.25) is 5.10 Å². The van der Waals surface area contributed by atoms with Gasteiger partial charge >= 0.3 is 0 Å². The van der Waals surface area contributed by atoms with Gasteiger partial charge in [0.2, 0.25) is 0 Å². The second-order valence-corrected chi connectivity index (χ2v) is 7.68.